The van der Waals surface area contributed by atoms with E-state index in [9.17, 15) is 13.2 Å². The van der Waals surface area contributed by atoms with Gasteiger partial charge in [-0.2, -0.15) is 0 Å². The van der Waals surface area contributed by atoms with Crippen molar-refractivity contribution in [3.63, 3.8) is 0 Å². The first-order valence-corrected chi connectivity index (χ1v) is 8.83. The molecule has 1 amide bonds. The van der Waals surface area contributed by atoms with Crippen molar-refractivity contribution >= 4 is 27.5 Å². The highest BCUT2D eigenvalue weighted by Gasteiger charge is 2.29. The summed E-state index contributed by atoms with van der Waals surface area (Å²) in [6.07, 6.45) is 5.02. The van der Waals surface area contributed by atoms with Crippen LogP contribution in [0, 0.1) is 13.8 Å². The summed E-state index contributed by atoms with van der Waals surface area (Å²) in [5.74, 6) is -0.242. The van der Waals surface area contributed by atoms with E-state index in [0.717, 1.165) is 11.1 Å². The van der Waals surface area contributed by atoms with Gasteiger partial charge in [0.1, 0.15) is 0 Å². The first kappa shape index (κ1) is 15.5. The Morgan fingerprint density at radius 2 is 1.91 bits per heavy atom. The fourth-order valence-corrected chi connectivity index (χ4v) is 3.62. The molecule has 7 heteroatoms. The van der Waals surface area contributed by atoms with E-state index < -0.39 is 10.0 Å². The molecule has 0 aliphatic carbocycles. The van der Waals surface area contributed by atoms with Gasteiger partial charge in [0.05, 0.1) is 11.3 Å². The third-order valence-corrected chi connectivity index (χ3v) is 4.73. The molecular formula is C16H17N3O3S. The van der Waals surface area contributed by atoms with Crippen molar-refractivity contribution in [2.24, 2.45) is 4.40 Å². The summed E-state index contributed by atoms with van der Waals surface area (Å²) < 4.78 is 27.2. The lowest BCUT2D eigenvalue weighted by Gasteiger charge is -2.28. The molecule has 2 aliphatic rings. The van der Waals surface area contributed by atoms with Crippen LogP contribution in [-0.2, 0) is 14.8 Å². The Labute approximate surface area is 135 Å². The summed E-state index contributed by atoms with van der Waals surface area (Å²) in [7, 11) is -3.51. The molecule has 0 spiro atoms. The van der Waals surface area contributed by atoms with E-state index in [0.29, 0.717) is 12.2 Å². The molecule has 1 aromatic carbocycles. The molecular weight excluding hydrogens is 314 g/mol. The summed E-state index contributed by atoms with van der Waals surface area (Å²) in [6.45, 7) is 4.20. The van der Waals surface area contributed by atoms with Crippen LogP contribution in [0.25, 0.3) is 0 Å². The van der Waals surface area contributed by atoms with Gasteiger partial charge in [-0.05, 0) is 49.3 Å². The maximum atomic E-state index is 12.5. The third kappa shape index (κ3) is 3.34. The van der Waals surface area contributed by atoms with E-state index in [2.05, 4.69) is 9.71 Å². The average molecular weight is 331 g/mol. The minimum Gasteiger partial charge on any atom is -0.331 e. The molecule has 23 heavy (non-hydrogen) atoms. The van der Waals surface area contributed by atoms with Crippen LogP contribution in [0.4, 0.5) is 5.69 Å². The molecule has 0 radical (unpaired) electrons. The smallest absolute Gasteiger partial charge is 0.259 e. The predicted octanol–water partition coefficient (Wildman–Crippen LogP) is 1.74. The summed E-state index contributed by atoms with van der Waals surface area (Å²) in [5.41, 5.74) is 3.00. The van der Waals surface area contributed by atoms with Crippen molar-refractivity contribution in [2.45, 2.75) is 13.8 Å². The second kappa shape index (κ2) is 5.66. The molecule has 0 atom stereocenters. The Kier molecular flexibility index (Phi) is 3.81. The van der Waals surface area contributed by atoms with Crippen LogP contribution >= 0.6 is 0 Å². The van der Waals surface area contributed by atoms with Crippen LogP contribution in [0.15, 0.2) is 46.5 Å². The zero-order valence-electron chi connectivity index (χ0n) is 12.9. The number of anilines is 1. The number of nitrogens with one attached hydrogen (secondary N) is 1. The zero-order chi connectivity index (χ0) is 16.6. The van der Waals surface area contributed by atoms with Crippen molar-refractivity contribution in [3.8, 4) is 0 Å². The Morgan fingerprint density at radius 3 is 2.61 bits per heavy atom. The van der Waals surface area contributed by atoms with Gasteiger partial charge in [-0.1, -0.05) is 6.07 Å². The molecule has 120 valence electrons. The quantitative estimate of drug-likeness (QED) is 0.895. The second-order valence-corrected chi connectivity index (χ2v) is 7.40. The SMILES string of the molecule is Cc1cc(C)cc(NC(=O)C2=CC=CN3CCS(=O)(=O)N=C23)c1. The molecule has 0 unspecified atom stereocenters. The molecule has 0 saturated carbocycles. The van der Waals surface area contributed by atoms with Gasteiger partial charge in [0.2, 0.25) is 0 Å². The highest BCUT2D eigenvalue weighted by atomic mass is 32.2. The number of amidine groups is 1. The number of nitrogens with zero attached hydrogens (tertiary/aromatic N) is 2. The monoisotopic (exact) mass is 331 g/mol. The Bertz CT molecular complexity index is 846. The van der Waals surface area contributed by atoms with Crippen molar-refractivity contribution in [1.29, 1.82) is 0 Å². The topological polar surface area (TPSA) is 78.8 Å². The lowest BCUT2D eigenvalue weighted by Crippen LogP contribution is -2.40. The van der Waals surface area contributed by atoms with E-state index >= 15 is 0 Å². The van der Waals surface area contributed by atoms with E-state index in [1.165, 1.54) is 0 Å². The largest absolute Gasteiger partial charge is 0.331 e. The number of hydrogen-bond acceptors (Lipinski definition) is 4. The van der Waals surface area contributed by atoms with Crippen LogP contribution in [-0.4, -0.2) is 37.4 Å². The van der Waals surface area contributed by atoms with Crippen LogP contribution < -0.4 is 5.32 Å². The fourth-order valence-electron chi connectivity index (χ4n) is 2.64. The van der Waals surface area contributed by atoms with Crippen molar-refractivity contribution in [2.75, 3.05) is 17.6 Å². The van der Waals surface area contributed by atoms with Gasteiger partial charge in [0, 0.05) is 18.4 Å². The van der Waals surface area contributed by atoms with Crippen LogP contribution in [0.2, 0.25) is 0 Å². The number of sulfonamides is 1. The zero-order valence-corrected chi connectivity index (χ0v) is 13.7. The van der Waals surface area contributed by atoms with E-state index in [1.807, 2.05) is 32.0 Å². The lowest BCUT2D eigenvalue weighted by molar-refractivity contribution is -0.112. The normalized spacial score (nSPS) is 18.8. The maximum absolute atomic E-state index is 12.5. The van der Waals surface area contributed by atoms with Gasteiger partial charge in [-0.25, -0.2) is 8.42 Å². The standard InChI is InChI=1S/C16H17N3O3S/c1-11-8-12(2)10-13(9-11)17-16(20)14-4-3-5-19-6-7-23(21,22)18-15(14)19/h3-5,8-10H,6-7H2,1-2H3,(H,17,20). The minimum absolute atomic E-state index is 0.0488. The summed E-state index contributed by atoms with van der Waals surface area (Å²) in [5, 5.41) is 2.81. The Balaban J connectivity index is 1.91. The van der Waals surface area contributed by atoms with Crippen LogP contribution in [0.1, 0.15) is 11.1 Å². The number of allylic oxidation sites excluding steroid dienone is 2. The summed E-state index contributed by atoms with van der Waals surface area (Å²) in [6, 6.07) is 5.74. The average Bonchev–Trinajstić information content (AvgIpc) is 2.44. The number of aryl methyl sites for hydroxylation is 2. The molecule has 2 aliphatic heterocycles. The summed E-state index contributed by atoms with van der Waals surface area (Å²) in [4.78, 5) is 14.2. The number of hydrogen-bond donors (Lipinski definition) is 1. The van der Waals surface area contributed by atoms with Gasteiger partial charge in [0.25, 0.3) is 15.9 Å². The van der Waals surface area contributed by atoms with Crippen molar-refractivity contribution in [3.05, 3.63) is 53.3 Å². The van der Waals surface area contributed by atoms with Gasteiger partial charge >= 0.3 is 0 Å². The fraction of sp³-hybridized carbons (Fsp3) is 0.250. The van der Waals surface area contributed by atoms with Crippen LogP contribution in [0.3, 0.4) is 0 Å². The van der Waals surface area contributed by atoms with E-state index in [1.54, 1.807) is 23.3 Å². The molecule has 1 aromatic rings. The number of rotatable bonds is 2. The number of fused-ring (bicyclic) bond motifs is 1. The number of carbonyl (C=O) groups is 1. The van der Waals surface area contributed by atoms with Crippen LogP contribution in [0.5, 0.6) is 0 Å². The highest BCUT2D eigenvalue weighted by Crippen LogP contribution is 2.20. The molecule has 0 bridgehead atoms. The number of carbonyl (C=O) groups excluding carboxylic acids is 1. The third-order valence-electron chi connectivity index (χ3n) is 3.58. The lowest BCUT2D eigenvalue weighted by atomic mass is 10.1. The highest BCUT2D eigenvalue weighted by molar-refractivity contribution is 7.90. The second-order valence-electron chi connectivity index (χ2n) is 5.65. The first-order chi connectivity index (χ1) is 10.8. The molecule has 6 nitrogen and oxygen atoms in total. The van der Waals surface area contributed by atoms with Crippen molar-refractivity contribution < 1.29 is 13.2 Å². The van der Waals surface area contributed by atoms with Gasteiger partial charge in [-0.3, -0.25) is 4.79 Å². The first-order valence-electron chi connectivity index (χ1n) is 7.22. The van der Waals surface area contributed by atoms with Gasteiger partial charge < -0.3 is 10.2 Å². The number of amides is 1. The predicted molar refractivity (Wildman–Crippen MR) is 89.7 cm³/mol. The summed E-state index contributed by atoms with van der Waals surface area (Å²) >= 11 is 0. The maximum Gasteiger partial charge on any atom is 0.259 e. The minimum atomic E-state index is -3.51. The number of benzene rings is 1. The molecule has 2 heterocycles. The van der Waals surface area contributed by atoms with Crippen molar-refractivity contribution in [1.82, 2.24) is 4.90 Å². The van der Waals surface area contributed by atoms with Gasteiger partial charge in [0.15, 0.2) is 5.84 Å². The van der Waals surface area contributed by atoms with E-state index in [4.69, 9.17) is 0 Å². The Hall–Kier alpha value is -2.41. The molecule has 0 aromatic heterocycles. The molecule has 1 N–H and O–H groups in total. The molecule has 0 saturated heterocycles. The van der Waals surface area contributed by atoms with E-state index in [-0.39, 0.29) is 23.1 Å². The molecule has 3 rings (SSSR count). The van der Waals surface area contributed by atoms with Gasteiger partial charge in [-0.15, -0.1) is 4.40 Å². The molecule has 0 fully saturated rings. The Morgan fingerprint density at radius 1 is 1.22 bits per heavy atom.